The van der Waals surface area contributed by atoms with E-state index in [0.29, 0.717) is 12.8 Å². The molecule has 2 aromatic carbocycles. The predicted molar refractivity (Wildman–Crippen MR) is 185 cm³/mol. The van der Waals surface area contributed by atoms with E-state index in [4.69, 9.17) is 27.7 Å². The summed E-state index contributed by atoms with van der Waals surface area (Å²) in [6, 6.07) is 11.9. The van der Waals surface area contributed by atoms with Crippen molar-refractivity contribution in [3.8, 4) is 0 Å². The first-order chi connectivity index (χ1) is 21.9. The second-order valence-electron chi connectivity index (χ2n) is 9.79. The van der Waals surface area contributed by atoms with Crippen molar-refractivity contribution >= 4 is 71.9 Å². The summed E-state index contributed by atoms with van der Waals surface area (Å²) in [4.78, 5) is 69.3. The summed E-state index contributed by atoms with van der Waals surface area (Å²) in [6.07, 6.45) is 0.0317. The summed E-state index contributed by atoms with van der Waals surface area (Å²) in [5, 5.41) is 21.0. The molecule has 18 nitrogen and oxygen atoms in total. The summed E-state index contributed by atoms with van der Waals surface area (Å²) >= 11 is 0. The molecule has 2 unspecified atom stereocenters. The van der Waals surface area contributed by atoms with Gasteiger partial charge in [-0.3, -0.25) is 34.5 Å². The number of halogens is 2. The van der Waals surface area contributed by atoms with Crippen LogP contribution in [0.4, 0.5) is 16.2 Å². The fourth-order valence-electron chi connectivity index (χ4n) is 3.88. The number of carbonyl (C=O) groups excluding carboxylic acids is 4. The maximum Gasteiger partial charge on any atom is 0.408 e. The molecule has 0 fully saturated rings. The van der Waals surface area contributed by atoms with Crippen molar-refractivity contribution in [2.24, 2.45) is 32.9 Å². The molecule has 48 heavy (non-hydrogen) atoms. The lowest BCUT2D eigenvalue weighted by Crippen LogP contribution is -2.51. The van der Waals surface area contributed by atoms with E-state index in [0.717, 1.165) is 5.56 Å². The number of hydrogen-bond donors (Lipinski definition) is 8. The van der Waals surface area contributed by atoms with E-state index in [1.807, 2.05) is 6.07 Å². The Labute approximate surface area is 288 Å². The third-order valence-corrected chi connectivity index (χ3v) is 6.13. The highest BCUT2D eigenvalue weighted by Gasteiger charge is 2.24. The van der Waals surface area contributed by atoms with Crippen molar-refractivity contribution in [3.63, 3.8) is 0 Å². The number of hydrogen-bond acceptors (Lipinski definition) is 9. The number of carbonyl (C=O) groups is 4. The Balaban J connectivity index is 0.0000110. The van der Waals surface area contributed by atoms with Crippen LogP contribution in [0.3, 0.4) is 0 Å². The van der Waals surface area contributed by atoms with Crippen molar-refractivity contribution in [1.82, 2.24) is 16.0 Å². The summed E-state index contributed by atoms with van der Waals surface area (Å²) in [5.41, 5.74) is 22.2. The number of nitro benzene ring substituents is 1. The van der Waals surface area contributed by atoms with E-state index >= 15 is 0 Å². The molecule has 2 rings (SSSR count). The van der Waals surface area contributed by atoms with Gasteiger partial charge in [-0.2, -0.15) is 0 Å². The molecule has 2 aromatic rings. The molecule has 2 atom stereocenters. The zero-order valence-corrected chi connectivity index (χ0v) is 27.5. The molecule has 0 saturated heterocycles. The number of alkyl carbamates (subject to hydrolysis) is 1. The van der Waals surface area contributed by atoms with E-state index in [9.17, 15) is 29.3 Å². The first-order valence-corrected chi connectivity index (χ1v) is 14.1. The molecule has 0 saturated carbocycles. The van der Waals surface area contributed by atoms with Gasteiger partial charge in [-0.1, -0.05) is 30.3 Å². The highest BCUT2D eigenvalue weighted by Crippen LogP contribution is 2.16. The van der Waals surface area contributed by atoms with Crippen molar-refractivity contribution in [2.45, 2.75) is 44.4 Å². The molecule has 264 valence electrons. The molecule has 0 heterocycles. The minimum atomic E-state index is -1.09. The molecule has 4 amide bonds. The van der Waals surface area contributed by atoms with E-state index in [-0.39, 0.29) is 80.6 Å². The average molecular weight is 715 g/mol. The topological polar surface area (TPSA) is 298 Å². The van der Waals surface area contributed by atoms with Crippen LogP contribution in [0.25, 0.3) is 0 Å². The van der Waals surface area contributed by atoms with Crippen LogP contribution >= 0.6 is 24.8 Å². The molecule has 12 N–H and O–H groups in total. The van der Waals surface area contributed by atoms with Crippen molar-refractivity contribution in [3.05, 3.63) is 70.3 Å². The van der Waals surface area contributed by atoms with E-state index in [1.54, 1.807) is 24.3 Å². The minimum Gasteiger partial charge on any atom is -0.445 e. The highest BCUT2D eigenvalue weighted by atomic mass is 35.5. The Morgan fingerprint density at radius 1 is 0.792 bits per heavy atom. The average Bonchev–Trinajstić information content (AvgIpc) is 3.02. The van der Waals surface area contributed by atoms with Gasteiger partial charge in [0, 0.05) is 30.9 Å². The molecule has 0 radical (unpaired) electrons. The van der Waals surface area contributed by atoms with Crippen LogP contribution in [0.2, 0.25) is 0 Å². The number of nitrogens with zero attached hydrogens (tertiary/aromatic N) is 3. The van der Waals surface area contributed by atoms with Crippen LogP contribution in [0.5, 0.6) is 0 Å². The van der Waals surface area contributed by atoms with Gasteiger partial charge < -0.3 is 48.9 Å². The molecule has 0 spiro atoms. The summed E-state index contributed by atoms with van der Waals surface area (Å²) < 4.78 is 5.21. The first kappa shape index (κ1) is 42.6. The number of benzene rings is 2. The van der Waals surface area contributed by atoms with Gasteiger partial charge in [0.1, 0.15) is 18.7 Å². The van der Waals surface area contributed by atoms with E-state index in [2.05, 4.69) is 31.3 Å². The number of guanidine groups is 2. The lowest BCUT2D eigenvalue weighted by atomic mass is 10.1. The van der Waals surface area contributed by atoms with Gasteiger partial charge in [-0.05, 0) is 43.4 Å². The fourth-order valence-corrected chi connectivity index (χ4v) is 3.88. The zero-order valence-electron chi connectivity index (χ0n) is 25.8. The Hall–Kier alpha value is -5.36. The van der Waals surface area contributed by atoms with Gasteiger partial charge in [0.15, 0.2) is 11.9 Å². The maximum atomic E-state index is 13.0. The van der Waals surface area contributed by atoms with Gasteiger partial charge >= 0.3 is 6.09 Å². The number of rotatable bonds is 18. The van der Waals surface area contributed by atoms with Crippen LogP contribution in [-0.4, -0.2) is 72.4 Å². The van der Waals surface area contributed by atoms with Crippen LogP contribution in [0.1, 0.15) is 31.2 Å². The minimum absolute atomic E-state index is 0. The second kappa shape index (κ2) is 23.0. The Kier molecular flexibility index (Phi) is 20.5. The first-order valence-electron chi connectivity index (χ1n) is 14.1. The zero-order chi connectivity index (χ0) is 33.9. The van der Waals surface area contributed by atoms with Crippen LogP contribution in [-0.2, 0) is 25.7 Å². The van der Waals surface area contributed by atoms with Gasteiger partial charge in [-0.25, -0.2) is 4.79 Å². The number of aliphatic imine (C=N–C) groups is 2. The van der Waals surface area contributed by atoms with Gasteiger partial charge in [-0.15, -0.1) is 24.8 Å². The molecule has 0 aromatic heterocycles. The van der Waals surface area contributed by atoms with Gasteiger partial charge in [0.05, 0.1) is 11.5 Å². The largest absolute Gasteiger partial charge is 0.445 e. The van der Waals surface area contributed by atoms with Crippen molar-refractivity contribution in [2.75, 3.05) is 25.0 Å². The number of amides is 4. The van der Waals surface area contributed by atoms with Crippen LogP contribution in [0, 0.1) is 10.1 Å². The Morgan fingerprint density at radius 2 is 1.33 bits per heavy atom. The number of anilines is 1. The lowest BCUT2D eigenvalue weighted by molar-refractivity contribution is -0.384. The summed E-state index contributed by atoms with van der Waals surface area (Å²) in [5.74, 6) is -2.26. The number of nitrogens with one attached hydrogen (secondary N) is 4. The lowest BCUT2D eigenvalue weighted by Gasteiger charge is -2.20. The quantitative estimate of drug-likeness (QED) is 0.0343. The molecular formula is C28H41Cl2N11O7. The van der Waals surface area contributed by atoms with Crippen LogP contribution < -0.4 is 44.2 Å². The number of nitrogens with two attached hydrogens (primary N) is 4. The SMILES string of the molecule is Cl.Cl.NC(N)=NCCCC(NC(=O)CNC(=O)C(CCCN=C(N)N)NC(=O)OCc1ccccc1)C(=O)Nc1ccc([N+](=O)[O-])cc1. The van der Waals surface area contributed by atoms with E-state index in [1.165, 1.54) is 24.3 Å². The van der Waals surface area contributed by atoms with E-state index < -0.39 is 47.4 Å². The Bertz CT molecular complexity index is 1390. The number of nitro groups is 1. The third-order valence-electron chi connectivity index (χ3n) is 6.13. The third kappa shape index (κ3) is 17.4. The normalized spacial score (nSPS) is 11.1. The molecule has 0 aliphatic heterocycles. The summed E-state index contributed by atoms with van der Waals surface area (Å²) in [6.45, 7) is -0.175. The fraction of sp³-hybridized carbons (Fsp3) is 0.357. The Morgan fingerprint density at radius 3 is 1.85 bits per heavy atom. The molecule has 0 aliphatic carbocycles. The number of non-ortho nitro benzene ring substituents is 1. The van der Waals surface area contributed by atoms with Crippen molar-refractivity contribution < 1.29 is 28.8 Å². The molecule has 20 heteroatoms. The smallest absolute Gasteiger partial charge is 0.408 e. The molecule has 0 aliphatic rings. The summed E-state index contributed by atoms with van der Waals surface area (Å²) in [7, 11) is 0. The van der Waals surface area contributed by atoms with Crippen molar-refractivity contribution in [1.29, 1.82) is 0 Å². The highest BCUT2D eigenvalue weighted by molar-refractivity contribution is 5.98. The second-order valence-corrected chi connectivity index (χ2v) is 9.79. The monoisotopic (exact) mass is 713 g/mol. The molecular weight excluding hydrogens is 673 g/mol. The molecule has 0 bridgehead atoms. The van der Waals surface area contributed by atoms with Gasteiger partial charge in [0.2, 0.25) is 17.7 Å². The predicted octanol–water partition coefficient (Wildman–Crippen LogP) is 0.380. The van der Waals surface area contributed by atoms with Gasteiger partial charge in [0.25, 0.3) is 5.69 Å². The maximum absolute atomic E-state index is 13.0. The van der Waals surface area contributed by atoms with Crippen LogP contribution in [0.15, 0.2) is 64.6 Å². The standard InChI is InChI=1S/C28H39N11O7.2ClH/c29-26(30)33-14-4-8-21(38-28(43)46-17-18-6-2-1-3-7-18)24(41)35-16-23(40)37-22(9-5-15-34-27(31)32)25(42)36-19-10-12-20(13-11-19)39(44)45;;/h1-3,6-7,10-13,21-22H,4-5,8-9,14-17H2,(H,35,41)(H,36,42)(H,37,40)(H,38,43)(H4,29,30,33)(H4,31,32,34);2*1H. The number of ether oxygens (including phenoxy) is 1.